The summed E-state index contributed by atoms with van der Waals surface area (Å²) in [5.74, 6) is -2.50. The highest BCUT2D eigenvalue weighted by Gasteiger charge is 2.28. The number of carbonyl (C=O) groups is 3. The third-order valence-electron chi connectivity index (χ3n) is 4.93. The lowest BCUT2D eigenvalue weighted by atomic mass is 10.0. The normalized spacial score (nSPS) is 11.9. The predicted octanol–water partition coefficient (Wildman–Crippen LogP) is 1.36. The maximum absolute atomic E-state index is 13.2. The zero-order valence-electron chi connectivity index (χ0n) is 16.7. The number of nitrogens with two attached hydrogens (primary N) is 1. The summed E-state index contributed by atoms with van der Waals surface area (Å²) in [6.45, 7) is 0. The SMILES string of the molecule is Cn1cc(C(=O)NC(Cc2ccccc2)C(=O)C(N)=O)c(-c2cccc3nc[nH]c23)n1. The zero-order chi connectivity index (χ0) is 22.0. The first-order chi connectivity index (χ1) is 14.9. The van der Waals surface area contributed by atoms with Crippen LogP contribution in [0.4, 0.5) is 0 Å². The number of para-hydroxylation sites is 1. The van der Waals surface area contributed by atoms with E-state index in [0.717, 1.165) is 16.6 Å². The maximum atomic E-state index is 13.2. The molecule has 4 aromatic rings. The van der Waals surface area contributed by atoms with Crippen LogP contribution in [0.5, 0.6) is 0 Å². The van der Waals surface area contributed by atoms with Gasteiger partial charge in [-0.2, -0.15) is 5.10 Å². The molecule has 31 heavy (non-hydrogen) atoms. The summed E-state index contributed by atoms with van der Waals surface area (Å²) in [6.07, 6.45) is 3.27. The lowest BCUT2D eigenvalue weighted by Gasteiger charge is -2.16. The summed E-state index contributed by atoms with van der Waals surface area (Å²) < 4.78 is 1.52. The van der Waals surface area contributed by atoms with Gasteiger partial charge in [0.2, 0.25) is 5.78 Å². The molecule has 0 radical (unpaired) electrons. The van der Waals surface area contributed by atoms with Gasteiger partial charge < -0.3 is 16.0 Å². The van der Waals surface area contributed by atoms with E-state index >= 15 is 0 Å². The number of aromatic amines is 1. The molecule has 2 heterocycles. The molecule has 0 aliphatic rings. The molecule has 1 unspecified atom stereocenters. The number of aryl methyl sites for hydroxylation is 1. The second kappa shape index (κ2) is 8.23. The summed E-state index contributed by atoms with van der Waals surface area (Å²) in [5.41, 5.74) is 8.87. The van der Waals surface area contributed by atoms with Gasteiger partial charge in [0, 0.05) is 25.2 Å². The molecule has 0 saturated carbocycles. The summed E-state index contributed by atoms with van der Waals surface area (Å²) in [5, 5.41) is 7.09. The molecule has 2 amide bonds. The standard InChI is InChI=1S/C22H20N6O3/c1-28-11-15(18(27-28)14-8-5-9-16-19(14)25-12-24-16)22(31)26-17(20(29)21(23)30)10-13-6-3-2-4-7-13/h2-9,11-12,17H,10H2,1H3,(H2,23,30)(H,24,25)(H,26,31). The molecule has 9 heteroatoms. The first-order valence-electron chi connectivity index (χ1n) is 9.58. The van der Waals surface area contributed by atoms with Crippen LogP contribution < -0.4 is 11.1 Å². The van der Waals surface area contributed by atoms with Crippen LogP contribution in [0.1, 0.15) is 15.9 Å². The molecule has 1 atom stereocenters. The fourth-order valence-corrected chi connectivity index (χ4v) is 3.48. The number of Topliss-reactive ketones (excluding diaryl/α,β-unsaturated/α-hetero) is 1. The third kappa shape index (κ3) is 4.06. The molecule has 9 nitrogen and oxygen atoms in total. The Kier molecular flexibility index (Phi) is 5.31. The van der Waals surface area contributed by atoms with Gasteiger partial charge in [-0.3, -0.25) is 19.1 Å². The van der Waals surface area contributed by atoms with Gasteiger partial charge in [0.05, 0.1) is 22.9 Å². The first-order valence-corrected chi connectivity index (χ1v) is 9.58. The van der Waals surface area contributed by atoms with E-state index in [1.54, 1.807) is 19.6 Å². The Morgan fingerprint density at radius 2 is 1.90 bits per heavy atom. The fraction of sp³-hybridized carbons (Fsp3) is 0.136. The number of benzene rings is 2. The van der Waals surface area contributed by atoms with Crippen molar-refractivity contribution in [3.8, 4) is 11.3 Å². The Labute approximate surface area is 177 Å². The van der Waals surface area contributed by atoms with Crippen LogP contribution >= 0.6 is 0 Å². The number of hydrogen-bond acceptors (Lipinski definition) is 5. The number of imidazole rings is 1. The number of carbonyl (C=O) groups excluding carboxylic acids is 3. The van der Waals surface area contributed by atoms with Crippen molar-refractivity contribution in [3.63, 3.8) is 0 Å². The van der Waals surface area contributed by atoms with Crippen molar-refractivity contribution in [2.75, 3.05) is 0 Å². The van der Waals surface area contributed by atoms with Crippen LogP contribution in [0.15, 0.2) is 61.1 Å². The minimum atomic E-state index is -1.10. The van der Waals surface area contributed by atoms with Crippen LogP contribution in [-0.2, 0) is 23.1 Å². The second-order valence-electron chi connectivity index (χ2n) is 7.11. The molecule has 2 aromatic heterocycles. The number of nitrogens with zero attached hydrogens (tertiary/aromatic N) is 3. The summed E-state index contributed by atoms with van der Waals surface area (Å²) in [7, 11) is 1.70. The molecule has 0 spiro atoms. The Morgan fingerprint density at radius 3 is 2.65 bits per heavy atom. The number of ketones is 1. The van der Waals surface area contributed by atoms with Gasteiger partial charge in [-0.05, 0) is 11.6 Å². The summed E-state index contributed by atoms with van der Waals surface area (Å²) >= 11 is 0. The highest BCUT2D eigenvalue weighted by Crippen LogP contribution is 2.28. The third-order valence-corrected chi connectivity index (χ3v) is 4.93. The average Bonchev–Trinajstić information content (AvgIpc) is 3.39. The van der Waals surface area contributed by atoms with Gasteiger partial charge in [-0.1, -0.05) is 42.5 Å². The maximum Gasteiger partial charge on any atom is 0.287 e. The zero-order valence-corrected chi connectivity index (χ0v) is 16.7. The van der Waals surface area contributed by atoms with E-state index in [1.807, 2.05) is 48.5 Å². The van der Waals surface area contributed by atoms with Crippen LogP contribution in [0.25, 0.3) is 22.3 Å². The number of primary amides is 1. The van der Waals surface area contributed by atoms with Crippen molar-refractivity contribution in [1.29, 1.82) is 0 Å². The van der Waals surface area contributed by atoms with E-state index in [1.165, 1.54) is 4.68 Å². The van der Waals surface area contributed by atoms with Crippen molar-refractivity contribution < 1.29 is 14.4 Å². The van der Waals surface area contributed by atoms with Crippen molar-refractivity contribution in [1.82, 2.24) is 25.1 Å². The molecular weight excluding hydrogens is 396 g/mol. The van der Waals surface area contributed by atoms with Crippen molar-refractivity contribution >= 4 is 28.6 Å². The van der Waals surface area contributed by atoms with Crippen LogP contribution in [0, 0.1) is 0 Å². The van der Waals surface area contributed by atoms with Gasteiger partial charge >= 0.3 is 0 Å². The minimum absolute atomic E-state index is 0.139. The Hall–Kier alpha value is -4.27. The van der Waals surface area contributed by atoms with Crippen LogP contribution in [-0.4, -0.2) is 43.4 Å². The lowest BCUT2D eigenvalue weighted by Crippen LogP contribution is -2.47. The molecule has 156 valence electrons. The topological polar surface area (TPSA) is 136 Å². The second-order valence-corrected chi connectivity index (χ2v) is 7.11. The molecule has 4 N–H and O–H groups in total. The van der Waals surface area contributed by atoms with Crippen molar-refractivity contribution in [2.45, 2.75) is 12.5 Å². The molecule has 0 fully saturated rings. The first kappa shape index (κ1) is 20.0. The average molecular weight is 416 g/mol. The van der Waals surface area contributed by atoms with E-state index in [0.29, 0.717) is 11.3 Å². The van der Waals surface area contributed by atoms with Crippen molar-refractivity contribution in [3.05, 3.63) is 72.2 Å². The largest absolute Gasteiger partial charge is 0.363 e. The molecular formula is C22H20N6O3. The number of rotatable bonds is 7. The number of H-pyrrole nitrogens is 1. The number of hydrogen-bond donors (Lipinski definition) is 3. The van der Waals surface area contributed by atoms with E-state index in [9.17, 15) is 14.4 Å². The van der Waals surface area contributed by atoms with Gasteiger partial charge in [0.15, 0.2) is 0 Å². The predicted molar refractivity (Wildman–Crippen MR) is 114 cm³/mol. The van der Waals surface area contributed by atoms with Crippen LogP contribution in [0.3, 0.4) is 0 Å². The molecule has 0 aliphatic heterocycles. The van der Waals surface area contributed by atoms with E-state index in [-0.39, 0.29) is 12.0 Å². The number of amides is 2. The molecule has 0 saturated heterocycles. The Balaban J connectivity index is 1.68. The van der Waals surface area contributed by atoms with Crippen LogP contribution in [0.2, 0.25) is 0 Å². The number of fused-ring (bicyclic) bond motifs is 1. The van der Waals surface area contributed by atoms with Gasteiger partial charge in [0.1, 0.15) is 11.7 Å². The highest BCUT2D eigenvalue weighted by molar-refractivity contribution is 6.38. The minimum Gasteiger partial charge on any atom is -0.363 e. The molecule has 0 aliphatic carbocycles. The number of nitrogens with one attached hydrogen (secondary N) is 2. The smallest absolute Gasteiger partial charge is 0.287 e. The van der Waals surface area contributed by atoms with Crippen molar-refractivity contribution in [2.24, 2.45) is 12.8 Å². The Bertz CT molecular complexity index is 1270. The number of aromatic nitrogens is 4. The van der Waals surface area contributed by atoms with E-state index < -0.39 is 23.6 Å². The molecule has 0 bridgehead atoms. The monoisotopic (exact) mass is 416 g/mol. The highest BCUT2D eigenvalue weighted by atomic mass is 16.2. The Morgan fingerprint density at radius 1 is 1.13 bits per heavy atom. The molecule has 2 aromatic carbocycles. The lowest BCUT2D eigenvalue weighted by molar-refractivity contribution is -0.137. The van der Waals surface area contributed by atoms with E-state index in [2.05, 4.69) is 20.4 Å². The van der Waals surface area contributed by atoms with Gasteiger partial charge in [-0.25, -0.2) is 4.98 Å². The van der Waals surface area contributed by atoms with E-state index in [4.69, 9.17) is 5.73 Å². The van der Waals surface area contributed by atoms with Gasteiger partial charge in [-0.15, -0.1) is 0 Å². The van der Waals surface area contributed by atoms with Gasteiger partial charge in [0.25, 0.3) is 11.8 Å². The summed E-state index contributed by atoms with van der Waals surface area (Å²) in [4.78, 5) is 44.4. The quantitative estimate of drug-likeness (QED) is 0.391. The molecule has 4 rings (SSSR count). The fourth-order valence-electron chi connectivity index (χ4n) is 3.48. The summed E-state index contributed by atoms with van der Waals surface area (Å²) in [6, 6.07) is 13.5.